The van der Waals surface area contributed by atoms with Gasteiger partial charge in [-0.25, -0.2) is 0 Å². The van der Waals surface area contributed by atoms with Crippen LogP contribution in [-0.2, 0) is 12.7 Å². The highest BCUT2D eigenvalue weighted by atomic mass is 19.4. The van der Waals surface area contributed by atoms with Gasteiger partial charge in [0.05, 0.1) is 30.7 Å². The molecule has 2 aromatic carbocycles. The molecule has 0 aliphatic carbocycles. The first-order valence-corrected chi connectivity index (χ1v) is 8.97. The summed E-state index contributed by atoms with van der Waals surface area (Å²) in [5, 5.41) is 3.00. The van der Waals surface area contributed by atoms with Gasteiger partial charge in [-0.1, -0.05) is 6.07 Å². The minimum Gasteiger partial charge on any atom is -0.493 e. The van der Waals surface area contributed by atoms with Crippen molar-refractivity contribution in [2.45, 2.75) is 19.6 Å². The van der Waals surface area contributed by atoms with Gasteiger partial charge in [0, 0.05) is 23.8 Å². The van der Waals surface area contributed by atoms with Crippen LogP contribution in [0.2, 0.25) is 0 Å². The average molecular weight is 420 g/mol. The number of hydrogen-bond donors (Lipinski definition) is 1. The smallest absolute Gasteiger partial charge is 0.416 e. The van der Waals surface area contributed by atoms with Gasteiger partial charge in [0.15, 0.2) is 11.5 Å². The number of nitrogens with one attached hydrogen (secondary N) is 1. The summed E-state index contributed by atoms with van der Waals surface area (Å²) in [6, 6.07) is 7.30. The van der Waals surface area contributed by atoms with Gasteiger partial charge in [0.2, 0.25) is 0 Å². The summed E-state index contributed by atoms with van der Waals surface area (Å²) in [5.41, 5.74) is -1.11. The number of carbonyl (C=O) groups is 1. The molecule has 6 nitrogen and oxygen atoms in total. The van der Waals surface area contributed by atoms with Crippen molar-refractivity contribution < 1.29 is 27.4 Å². The molecule has 0 saturated carbocycles. The molecule has 0 spiro atoms. The Labute approximate surface area is 169 Å². The Balaban J connectivity index is 2.14. The number of rotatable bonds is 5. The maximum atomic E-state index is 13.0. The fraction of sp³-hybridized carbons (Fsp3) is 0.238. The van der Waals surface area contributed by atoms with E-state index in [1.807, 2.05) is 0 Å². The number of methoxy groups -OCH3 is 2. The topological polar surface area (TPSA) is 69.6 Å². The number of pyridine rings is 1. The van der Waals surface area contributed by atoms with Crippen LogP contribution >= 0.6 is 0 Å². The van der Waals surface area contributed by atoms with E-state index in [0.717, 1.165) is 12.1 Å². The summed E-state index contributed by atoms with van der Waals surface area (Å²) in [7, 11) is 2.84. The van der Waals surface area contributed by atoms with Crippen molar-refractivity contribution in [1.29, 1.82) is 0 Å². The van der Waals surface area contributed by atoms with Crippen molar-refractivity contribution in [3.63, 3.8) is 0 Å². The lowest BCUT2D eigenvalue weighted by Crippen LogP contribution is -2.23. The number of anilines is 1. The Hall–Kier alpha value is -3.49. The molecule has 0 saturated heterocycles. The highest BCUT2D eigenvalue weighted by Crippen LogP contribution is 2.33. The zero-order valence-electron chi connectivity index (χ0n) is 16.5. The second-order valence-electron chi connectivity index (χ2n) is 6.42. The number of alkyl halides is 3. The molecule has 1 aromatic heterocycles. The van der Waals surface area contributed by atoms with Crippen molar-refractivity contribution in [2.75, 3.05) is 19.5 Å². The van der Waals surface area contributed by atoms with Gasteiger partial charge in [0.1, 0.15) is 0 Å². The molecule has 1 N–H and O–H groups in total. The number of benzene rings is 2. The lowest BCUT2D eigenvalue weighted by molar-refractivity contribution is -0.137. The quantitative estimate of drug-likeness (QED) is 0.668. The van der Waals surface area contributed by atoms with Gasteiger partial charge in [-0.2, -0.15) is 13.2 Å². The number of carbonyl (C=O) groups excluding carboxylic acids is 1. The van der Waals surface area contributed by atoms with Crippen LogP contribution in [0.5, 0.6) is 11.5 Å². The molecule has 0 radical (unpaired) electrons. The highest BCUT2D eigenvalue weighted by molar-refractivity contribution is 6.13. The highest BCUT2D eigenvalue weighted by Gasteiger charge is 2.30. The van der Waals surface area contributed by atoms with Gasteiger partial charge >= 0.3 is 6.18 Å². The van der Waals surface area contributed by atoms with Gasteiger partial charge in [-0.3, -0.25) is 9.59 Å². The first kappa shape index (κ1) is 21.2. The molecule has 3 aromatic rings. The van der Waals surface area contributed by atoms with E-state index < -0.39 is 17.6 Å². The second-order valence-corrected chi connectivity index (χ2v) is 6.42. The molecule has 9 heteroatoms. The summed E-state index contributed by atoms with van der Waals surface area (Å²) in [6.45, 7) is 2.04. The summed E-state index contributed by atoms with van der Waals surface area (Å²) in [6.07, 6.45) is -3.16. The predicted octanol–water partition coefficient (Wildman–Crippen LogP) is 4.31. The van der Waals surface area contributed by atoms with Crippen LogP contribution < -0.4 is 20.3 Å². The van der Waals surface area contributed by atoms with E-state index >= 15 is 0 Å². The fourth-order valence-electron chi connectivity index (χ4n) is 3.11. The molecule has 0 unspecified atom stereocenters. The van der Waals surface area contributed by atoms with E-state index in [1.54, 1.807) is 6.92 Å². The summed E-state index contributed by atoms with van der Waals surface area (Å²) in [5.74, 6) is -0.0271. The molecule has 1 heterocycles. The molecule has 3 rings (SSSR count). The van der Waals surface area contributed by atoms with E-state index in [1.165, 1.54) is 49.2 Å². The number of hydrogen-bond acceptors (Lipinski definition) is 4. The van der Waals surface area contributed by atoms with Crippen LogP contribution in [0, 0.1) is 0 Å². The van der Waals surface area contributed by atoms with Crippen LogP contribution in [0.15, 0.2) is 47.4 Å². The van der Waals surface area contributed by atoms with Crippen LogP contribution in [-0.4, -0.2) is 24.7 Å². The summed E-state index contributed by atoms with van der Waals surface area (Å²) in [4.78, 5) is 25.7. The molecule has 158 valence electrons. The molecular weight excluding hydrogens is 401 g/mol. The monoisotopic (exact) mass is 420 g/mol. The number of amides is 1. The number of aromatic nitrogens is 1. The third kappa shape index (κ3) is 3.96. The molecule has 1 amide bonds. The van der Waals surface area contributed by atoms with Crippen LogP contribution in [0.3, 0.4) is 0 Å². The number of aryl methyl sites for hydroxylation is 1. The largest absolute Gasteiger partial charge is 0.493 e. The van der Waals surface area contributed by atoms with Crippen molar-refractivity contribution in [2.24, 2.45) is 0 Å². The predicted molar refractivity (Wildman–Crippen MR) is 106 cm³/mol. The summed E-state index contributed by atoms with van der Waals surface area (Å²) < 4.78 is 50.7. The van der Waals surface area contributed by atoms with Crippen LogP contribution in [0.4, 0.5) is 18.9 Å². The number of fused-ring (bicyclic) bond motifs is 1. The van der Waals surface area contributed by atoms with Crippen molar-refractivity contribution in [1.82, 2.24) is 4.57 Å². The molecule has 0 atom stereocenters. The van der Waals surface area contributed by atoms with Gasteiger partial charge in [-0.05, 0) is 37.3 Å². The maximum absolute atomic E-state index is 13.0. The fourth-order valence-corrected chi connectivity index (χ4v) is 3.11. The molecule has 0 aliphatic heterocycles. The van der Waals surface area contributed by atoms with Crippen molar-refractivity contribution in [3.05, 3.63) is 64.1 Å². The molecule has 0 fully saturated rings. The van der Waals surface area contributed by atoms with Crippen LogP contribution in [0.1, 0.15) is 22.8 Å². The minimum absolute atomic E-state index is 0.0160. The Morgan fingerprint density at radius 3 is 2.27 bits per heavy atom. The first-order chi connectivity index (χ1) is 14.2. The van der Waals surface area contributed by atoms with Crippen molar-refractivity contribution in [3.8, 4) is 11.5 Å². The number of ether oxygens (including phenoxy) is 2. The third-order valence-corrected chi connectivity index (χ3v) is 4.62. The van der Waals surface area contributed by atoms with E-state index in [-0.39, 0.29) is 22.2 Å². The molecule has 0 aliphatic rings. The molecule has 0 bridgehead atoms. The van der Waals surface area contributed by atoms with Gasteiger partial charge in [-0.15, -0.1) is 0 Å². The number of nitrogens with zero attached hydrogens (tertiary/aromatic N) is 1. The SMILES string of the molecule is CCn1cc(C(=O)Nc2cccc(C(F)(F)F)c2)c2cc(OC)c(OC)cc2c1=O. The normalized spacial score (nSPS) is 11.4. The third-order valence-electron chi connectivity index (χ3n) is 4.62. The van der Waals surface area contributed by atoms with E-state index in [0.29, 0.717) is 23.4 Å². The Morgan fingerprint density at radius 1 is 1.07 bits per heavy atom. The van der Waals surface area contributed by atoms with E-state index in [9.17, 15) is 22.8 Å². The molecule has 30 heavy (non-hydrogen) atoms. The second kappa shape index (κ2) is 8.10. The Bertz CT molecular complexity index is 1170. The zero-order chi connectivity index (χ0) is 22.1. The zero-order valence-corrected chi connectivity index (χ0v) is 16.5. The lowest BCUT2D eigenvalue weighted by atomic mass is 10.1. The maximum Gasteiger partial charge on any atom is 0.416 e. The average Bonchev–Trinajstić information content (AvgIpc) is 2.72. The first-order valence-electron chi connectivity index (χ1n) is 8.97. The van der Waals surface area contributed by atoms with Gasteiger partial charge < -0.3 is 19.4 Å². The minimum atomic E-state index is -4.53. The van der Waals surface area contributed by atoms with Crippen LogP contribution in [0.25, 0.3) is 10.8 Å². The standard InChI is InChI=1S/C21H19F3N2O4/c1-4-26-11-16(14-9-17(29-2)18(30-3)10-15(14)20(26)28)19(27)25-13-7-5-6-12(8-13)21(22,23)24/h5-11H,4H2,1-3H3,(H,25,27). The van der Waals surface area contributed by atoms with E-state index in [2.05, 4.69) is 5.32 Å². The van der Waals surface area contributed by atoms with Crippen molar-refractivity contribution >= 4 is 22.4 Å². The van der Waals surface area contributed by atoms with Gasteiger partial charge in [0.25, 0.3) is 11.5 Å². The Kier molecular flexibility index (Phi) is 5.73. The van der Waals surface area contributed by atoms with E-state index in [4.69, 9.17) is 9.47 Å². The Morgan fingerprint density at radius 2 is 1.70 bits per heavy atom. The number of halogens is 3. The lowest BCUT2D eigenvalue weighted by Gasteiger charge is -2.15. The molecular formula is C21H19F3N2O4. The summed E-state index contributed by atoms with van der Waals surface area (Å²) >= 11 is 0.